The number of amidine groups is 1. The second-order valence-electron chi connectivity index (χ2n) is 6.90. The summed E-state index contributed by atoms with van der Waals surface area (Å²) in [5, 5.41) is 10.3. The number of nitrogen functional groups attached to an aromatic ring is 1. The van der Waals surface area contributed by atoms with E-state index in [4.69, 9.17) is 37.1 Å². The number of halogens is 2. The van der Waals surface area contributed by atoms with E-state index in [1.807, 2.05) is 4.84 Å². The summed E-state index contributed by atoms with van der Waals surface area (Å²) >= 11 is 5.35. The van der Waals surface area contributed by atoms with E-state index in [-0.39, 0.29) is 30.3 Å². The molecule has 2 aromatic rings. The fourth-order valence-corrected chi connectivity index (χ4v) is 3.05. The van der Waals surface area contributed by atoms with E-state index in [9.17, 15) is 14.0 Å². The molecule has 9 nitrogen and oxygen atoms in total. The molecule has 0 saturated heterocycles. The van der Waals surface area contributed by atoms with Gasteiger partial charge in [0.15, 0.2) is 12.2 Å². The number of amides is 2. The summed E-state index contributed by atoms with van der Waals surface area (Å²) < 4.78 is 30.7. The summed E-state index contributed by atoms with van der Waals surface area (Å²) in [6.07, 6.45) is -2.15. The SMILES string of the molecule is CCO[C@@H](C(=O)NCc1ccc(C(=N)N)cc1OC(C)C(=O)NCl)c1ccc(OC)cc1F. The Morgan fingerprint density at radius 2 is 1.94 bits per heavy atom. The van der Waals surface area contributed by atoms with Crippen LogP contribution in [0.3, 0.4) is 0 Å². The van der Waals surface area contributed by atoms with Crippen LogP contribution in [-0.2, 0) is 20.9 Å². The van der Waals surface area contributed by atoms with Gasteiger partial charge in [-0.3, -0.25) is 19.8 Å². The summed E-state index contributed by atoms with van der Waals surface area (Å²) in [5.74, 6) is -1.45. The van der Waals surface area contributed by atoms with Gasteiger partial charge in [-0.05, 0) is 32.0 Å². The topological polar surface area (TPSA) is 136 Å². The van der Waals surface area contributed by atoms with Gasteiger partial charge >= 0.3 is 0 Å². The van der Waals surface area contributed by atoms with Crippen LogP contribution < -0.4 is 25.4 Å². The Balaban J connectivity index is 2.25. The van der Waals surface area contributed by atoms with Gasteiger partial charge in [0.2, 0.25) is 0 Å². The highest BCUT2D eigenvalue weighted by atomic mass is 35.5. The fourth-order valence-electron chi connectivity index (χ4n) is 2.89. The third-order valence-corrected chi connectivity index (χ3v) is 4.85. The number of rotatable bonds is 11. The molecule has 2 rings (SSSR count). The minimum atomic E-state index is -1.19. The van der Waals surface area contributed by atoms with Crippen molar-refractivity contribution in [3.8, 4) is 11.5 Å². The molecular formula is C22H26ClFN4O5. The molecule has 2 atom stereocenters. The van der Waals surface area contributed by atoms with Gasteiger partial charge in [0, 0.05) is 47.7 Å². The Morgan fingerprint density at radius 1 is 1.21 bits per heavy atom. The molecular weight excluding hydrogens is 455 g/mol. The lowest BCUT2D eigenvalue weighted by Crippen LogP contribution is -2.33. The number of benzene rings is 2. The zero-order chi connectivity index (χ0) is 24.5. The average molecular weight is 481 g/mol. The van der Waals surface area contributed by atoms with E-state index in [0.29, 0.717) is 16.9 Å². The molecule has 5 N–H and O–H groups in total. The van der Waals surface area contributed by atoms with E-state index in [0.717, 1.165) is 0 Å². The number of carbonyl (C=O) groups is 2. The molecule has 33 heavy (non-hydrogen) atoms. The van der Waals surface area contributed by atoms with E-state index in [2.05, 4.69) is 5.32 Å². The fraction of sp³-hybridized carbons (Fsp3) is 0.318. The number of nitrogens with one attached hydrogen (secondary N) is 3. The second kappa shape index (κ2) is 12.0. The van der Waals surface area contributed by atoms with Crippen LogP contribution in [0.1, 0.15) is 36.6 Å². The van der Waals surface area contributed by atoms with Gasteiger partial charge in [-0.1, -0.05) is 12.1 Å². The standard InChI is InChI=1S/C22H26ClFN4O5/c1-4-32-19(16-8-7-15(31-3)10-17(16)24)22(30)27-11-14-6-5-13(20(25)26)9-18(14)33-12(2)21(29)28-23/h5-10,12,19H,4,11H2,1-3H3,(H3,25,26)(H,27,30)(H,28,29)/t12?,19-/m1/s1. The van der Waals surface area contributed by atoms with Crippen molar-refractivity contribution in [3.05, 3.63) is 58.9 Å². The number of carbonyl (C=O) groups excluding carboxylic acids is 2. The molecule has 0 aliphatic carbocycles. The van der Waals surface area contributed by atoms with E-state index >= 15 is 0 Å². The number of methoxy groups -OCH3 is 1. The van der Waals surface area contributed by atoms with Crippen LogP contribution in [0.15, 0.2) is 36.4 Å². The second-order valence-corrected chi connectivity index (χ2v) is 7.08. The maximum Gasteiger partial charge on any atom is 0.275 e. The van der Waals surface area contributed by atoms with E-state index in [1.165, 1.54) is 38.3 Å². The molecule has 0 aromatic heterocycles. The molecule has 0 bridgehead atoms. The predicted octanol–water partition coefficient (Wildman–Crippen LogP) is 2.55. The van der Waals surface area contributed by atoms with Gasteiger partial charge in [-0.25, -0.2) is 4.39 Å². The third-order valence-electron chi connectivity index (χ3n) is 4.66. The summed E-state index contributed by atoms with van der Waals surface area (Å²) in [5.41, 5.74) is 6.46. The first-order chi connectivity index (χ1) is 15.7. The summed E-state index contributed by atoms with van der Waals surface area (Å²) in [4.78, 5) is 26.6. The smallest absolute Gasteiger partial charge is 0.275 e. The Hall–Kier alpha value is -3.37. The molecule has 0 aliphatic rings. The van der Waals surface area contributed by atoms with Crippen molar-refractivity contribution in [2.45, 2.75) is 32.6 Å². The van der Waals surface area contributed by atoms with E-state index in [1.54, 1.807) is 19.1 Å². The molecule has 0 radical (unpaired) electrons. The lowest BCUT2D eigenvalue weighted by molar-refractivity contribution is -0.133. The van der Waals surface area contributed by atoms with Crippen molar-refractivity contribution in [3.63, 3.8) is 0 Å². The highest BCUT2D eigenvalue weighted by molar-refractivity contribution is 6.21. The molecule has 2 amide bonds. The summed E-state index contributed by atoms with van der Waals surface area (Å²) in [6, 6.07) is 8.78. The van der Waals surface area contributed by atoms with Crippen LogP contribution in [-0.4, -0.2) is 37.5 Å². The van der Waals surface area contributed by atoms with Gasteiger partial charge < -0.3 is 25.3 Å². The Kier molecular flexibility index (Phi) is 9.43. The Labute approximate surface area is 196 Å². The predicted molar refractivity (Wildman–Crippen MR) is 121 cm³/mol. The van der Waals surface area contributed by atoms with Crippen LogP contribution in [0.25, 0.3) is 0 Å². The molecule has 0 aliphatic heterocycles. The third kappa shape index (κ3) is 6.80. The average Bonchev–Trinajstić information content (AvgIpc) is 2.80. The van der Waals surface area contributed by atoms with E-state index < -0.39 is 29.8 Å². The van der Waals surface area contributed by atoms with Gasteiger partial charge in [-0.15, -0.1) is 0 Å². The monoisotopic (exact) mass is 480 g/mol. The zero-order valence-corrected chi connectivity index (χ0v) is 19.2. The molecule has 0 spiro atoms. The maximum atomic E-state index is 14.5. The first kappa shape index (κ1) is 25.9. The Morgan fingerprint density at radius 3 is 2.52 bits per heavy atom. The number of nitrogens with two attached hydrogens (primary N) is 1. The van der Waals surface area contributed by atoms with Crippen LogP contribution >= 0.6 is 11.8 Å². The van der Waals surface area contributed by atoms with Crippen molar-refractivity contribution in [1.82, 2.24) is 10.2 Å². The number of hydrogen-bond donors (Lipinski definition) is 4. The zero-order valence-electron chi connectivity index (χ0n) is 18.4. The number of hydrogen-bond acceptors (Lipinski definition) is 6. The minimum absolute atomic E-state index is 0.0249. The lowest BCUT2D eigenvalue weighted by Gasteiger charge is -2.20. The molecule has 0 heterocycles. The maximum absolute atomic E-state index is 14.5. The van der Waals surface area contributed by atoms with Gasteiger partial charge in [0.1, 0.15) is 23.2 Å². The largest absolute Gasteiger partial charge is 0.497 e. The van der Waals surface area contributed by atoms with Crippen LogP contribution in [0.5, 0.6) is 11.5 Å². The first-order valence-electron chi connectivity index (χ1n) is 9.99. The molecule has 0 fully saturated rings. The van der Waals surface area contributed by atoms with Crippen molar-refractivity contribution in [2.24, 2.45) is 5.73 Å². The summed E-state index contributed by atoms with van der Waals surface area (Å²) in [6.45, 7) is 3.33. The lowest BCUT2D eigenvalue weighted by atomic mass is 10.1. The van der Waals surface area contributed by atoms with Crippen molar-refractivity contribution < 1.29 is 28.2 Å². The highest BCUT2D eigenvalue weighted by Crippen LogP contribution is 2.26. The quantitative estimate of drug-likeness (QED) is 0.222. The van der Waals surface area contributed by atoms with Crippen molar-refractivity contribution in [2.75, 3.05) is 13.7 Å². The van der Waals surface area contributed by atoms with Crippen molar-refractivity contribution in [1.29, 1.82) is 5.41 Å². The van der Waals surface area contributed by atoms with Gasteiger partial charge in [0.05, 0.1) is 7.11 Å². The highest BCUT2D eigenvalue weighted by Gasteiger charge is 2.25. The summed E-state index contributed by atoms with van der Waals surface area (Å²) in [7, 11) is 1.41. The normalized spacial score (nSPS) is 12.4. The molecule has 2 aromatic carbocycles. The van der Waals surface area contributed by atoms with Crippen molar-refractivity contribution >= 4 is 29.4 Å². The first-order valence-corrected chi connectivity index (χ1v) is 10.4. The van der Waals surface area contributed by atoms with Crippen LogP contribution in [0.2, 0.25) is 0 Å². The molecule has 0 saturated carbocycles. The minimum Gasteiger partial charge on any atom is -0.497 e. The number of ether oxygens (including phenoxy) is 3. The molecule has 11 heteroatoms. The van der Waals surface area contributed by atoms with Crippen LogP contribution in [0, 0.1) is 11.2 Å². The van der Waals surface area contributed by atoms with Gasteiger partial charge in [0.25, 0.3) is 11.8 Å². The Bertz CT molecular complexity index is 1020. The van der Waals surface area contributed by atoms with Crippen LogP contribution in [0.4, 0.5) is 4.39 Å². The van der Waals surface area contributed by atoms with Gasteiger partial charge in [-0.2, -0.15) is 0 Å². The molecule has 1 unspecified atom stereocenters. The molecule has 178 valence electrons.